The molecular weight excluding hydrogens is 1740 g/mol. The number of hydrogen-bond donors (Lipinski definition) is 0. The molecule has 141 heavy (non-hydrogen) atoms. The summed E-state index contributed by atoms with van der Waals surface area (Å²) >= 11 is 3.70. The van der Waals surface area contributed by atoms with Crippen molar-refractivity contribution in [3.63, 3.8) is 0 Å². The molecule has 4 aromatic heterocycles. The second kappa shape index (κ2) is 34.8. The second-order valence-electron chi connectivity index (χ2n) is 36.9. The van der Waals surface area contributed by atoms with Gasteiger partial charge in [-0.3, -0.25) is 0 Å². The zero-order valence-corrected chi connectivity index (χ0v) is 78.6. The van der Waals surface area contributed by atoms with E-state index in [-0.39, 0.29) is 0 Å². The molecule has 29 aromatic rings. The van der Waals surface area contributed by atoms with E-state index in [1.165, 1.54) is 277 Å². The van der Waals surface area contributed by atoms with Crippen LogP contribution >= 0.6 is 22.7 Å². The zero-order valence-electron chi connectivity index (χ0n) is 77.0. The van der Waals surface area contributed by atoms with E-state index in [1.807, 2.05) is 22.7 Å². The normalized spacial score (nSPS) is 11.7. The van der Waals surface area contributed by atoms with Crippen LogP contribution in [0.4, 0.5) is 0 Å². The third-order valence-electron chi connectivity index (χ3n) is 29.1. The number of nitrogens with zero attached hydrogens (tertiary/aromatic N) is 1. The average molecular weight is 1820 g/mol. The fourth-order valence-corrected chi connectivity index (χ4v) is 24.8. The molecule has 25 aromatic carbocycles. The molecule has 0 radical (unpaired) electrons. The van der Waals surface area contributed by atoms with Gasteiger partial charge in [0.05, 0.1) is 16.6 Å². The Morgan fingerprint density at radius 1 is 0.121 bits per heavy atom. The lowest BCUT2D eigenvalue weighted by atomic mass is 9.83. The van der Waals surface area contributed by atoms with Gasteiger partial charge in [0.15, 0.2) is 0 Å². The molecule has 0 unspecified atom stereocenters. The number of benzene rings is 25. The Kier molecular flexibility index (Phi) is 20.4. The maximum absolute atomic E-state index is 2.48. The van der Waals surface area contributed by atoms with Gasteiger partial charge in [-0.25, -0.2) is 0 Å². The molecule has 0 saturated carbocycles. The molecule has 656 valence electrons. The van der Waals surface area contributed by atoms with E-state index in [0.717, 1.165) is 0 Å². The van der Waals surface area contributed by atoms with Crippen LogP contribution in [-0.2, 0) is 0 Å². The highest BCUT2D eigenvalue weighted by molar-refractivity contribution is 7.19. The fraction of sp³-hybridized carbons (Fsp3) is 0. The highest BCUT2D eigenvalue weighted by atomic mass is 32.1. The van der Waals surface area contributed by atoms with E-state index in [1.54, 1.807) is 0 Å². The summed E-state index contributed by atoms with van der Waals surface area (Å²) in [6.07, 6.45) is 0. The molecule has 0 amide bonds. The monoisotopic (exact) mass is 1820 g/mol. The van der Waals surface area contributed by atoms with E-state index in [4.69, 9.17) is 0 Å². The molecule has 0 aliphatic heterocycles. The van der Waals surface area contributed by atoms with Crippen LogP contribution in [0.3, 0.4) is 0 Å². The van der Waals surface area contributed by atoms with Crippen molar-refractivity contribution in [2.75, 3.05) is 0 Å². The molecular formula is C138H87NS2. The summed E-state index contributed by atoms with van der Waals surface area (Å²) < 4.78 is 2.48. The van der Waals surface area contributed by atoms with Gasteiger partial charge < -0.3 is 4.40 Å². The van der Waals surface area contributed by atoms with Gasteiger partial charge in [-0.15, -0.1) is 22.7 Å². The summed E-state index contributed by atoms with van der Waals surface area (Å²) in [4.78, 5) is 5.13. The van der Waals surface area contributed by atoms with Crippen LogP contribution in [0.25, 0.3) is 277 Å². The van der Waals surface area contributed by atoms with Crippen molar-refractivity contribution >= 4 is 168 Å². The maximum atomic E-state index is 2.48. The Labute approximate surface area is 824 Å². The van der Waals surface area contributed by atoms with Crippen LogP contribution in [0.5, 0.6) is 0 Å². The lowest BCUT2D eigenvalue weighted by molar-refractivity contribution is 1.37. The Hall–Kier alpha value is -17.7. The second-order valence-corrected chi connectivity index (χ2v) is 39.1. The number of para-hydroxylation sites is 2. The topological polar surface area (TPSA) is 4.41 Å². The van der Waals surface area contributed by atoms with Crippen molar-refractivity contribution in [2.45, 2.75) is 0 Å². The third kappa shape index (κ3) is 14.3. The maximum Gasteiger partial charge on any atom is 0.0620 e. The fourth-order valence-electron chi connectivity index (χ4n) is 22.8. The van der Waals surface area contributed by atoms with Crippen molar-refractivity contribution < 1.29 is 0 Å². The largest absolute Gasteiger partial charge is 0.308 e. The van der Waals surface area contributed by atoms with Crippen molar-refractivity contribution in [2.24, 2.45) is 0 Å². The highest BCUT2D eigenvalue weighted by Gasteiger charge is 2.26. The van der Waals surface area contributed by atoms with Crippen LogP contribution in [0.2, 0.25) is 0 Å². The van der Waals surface area contributed by atoms with Crippen LogP contribution in [-0.4, -0.2) is 4.40 Å². The highest BCUT2D eigenvalue weighted by Crippen LogP contribution is 2.53. The number of aromatic nitrogens is 1. The summed E-state index contributed by atoms with van der Waals surface area (Å²) in [7, 11) is 0. The van der Waals surface area contributed by atoms with Gasteiger partial charge in [0, 0.05) is 41.1 Å². The first kappa shape index (κ1) is 82.7. The molecule has 0 atom stereocenters. The summed E-state index contributed by atoms with van der Waals surface area (Å²) in [6, 6.07) is 194. The van der Waals surface area contributed by atoms with E-state index >= 15 is 0 Å². The van der Waals surface area contributed by atoms with Gasteiger partial charge in [-0.1, -0.05) is 467 Å². The number of thiophene rings is 2. The third-order valence-corrected chi connectivity index (χ3v) is 31.4. The minimum atomic E-state index is 1.23. The van der Waals surface area contributed by atoms with Gasteiger partial charge in [0.1, 0.15) is 0 Å². The number of rotatable bonds is 12. The first-order valence-electron chi connectivity index (χ1n) is 48.6. The molecule has 0 saturated heterocycles. The van der Waals surface area contributed by atoms with Crippen LogP contribution in [0.15, 0.2) is 528 Å². The number of hydrogen-bond acceptors (Lipinski definition) is 2. The predicted octanol–water partition coefficient (Wildman–Crippen LogP) is 39.9. The summed E-state index contributed by atoms with van der Waals surface area (Å²) in [5, 5.41) is 30.6. The summed E-state index contributed by atoms with van der Waals surface area (Å²) in [5.41, 5.74) is 29.1. The Balaban J connectivity index is 0.000000106. The smallest absolute Gasteiger partial charge is 0.0620 e. The number of fused-ring (bicyclic) bond motifs is 16. The molecule has 3 heteroatoms. The standard InChI is InChI=1S/C50H32S.C46H30S.C42H25N/c1-2-14-34(15-3-1)47-29-30-48(51-47)37-17-12-18-38(32-37)49-42-21-8-10-23-44(42)50(45-24-11-9-22-43(45)49)46-28-27-39(40-19-6-7-20-41(40)46)36-26-25-33-13-4-5-16-35(33)31-36;1-3-14-31(15-4-1)35-26-27-42(37-21-8-7-20-36(35)37)46-40-24-11-9-22-38(40)45(39-23-10-12-25-41(39)46)34-19-13-18-33(30-34)44-29-28-43(47-44)32-16-5-2-6-17-32;1-2-11-27-24-28(21-20-26(27)10-1)40-32-13-3-5-15-34(32)41(35-16-6-4-14-33(35)40)29-22-23-31-37-18-9-17-36-30-12-7-8-19-38(30)43(42(36)37)39(31)25-29/h1-32H;1-30H;1-25H. The van der Waals surface area contributed by atoms with E-state index in [9.17, 15) is 0 Å². The van der Waals surface area contributed by atoms with Gasteiger partial charge in [-0.2, -0.15) is 0 Å². The van der Waals surface area contributed by atoms with E-state index in [2.05, 4.69) is 532 Å². The minimum absolute atomic E-state index is 1.23. The van der Waals surface area contributed by atoms with Crippen molar-refractivity contribution in [3.05, 3.63) is 528 Å². The summed E-state index contributed by atoms with van der Waals surface area (Å²) in [5.74, 6) is 0. The molecule has 0 bridgehead atoms. The predicted molar refractivity (Wildman–Crippen MR) is 610 cm³/mol. The molecule has 4 heterocycles. The van der Waals surface area contributed by atoms with Crippen molar-refractivity contribution in [3.8, 4) is 131 Å². The van der Waals surface area contributed by atoms with Gasteiger partial charge in [0.25, 0.3) is 0 Å². The quantitative estimate of drug-likeness (QED) is 0.107. The lowest BCUT2D eigenvalue weighted by Crippen LogP contribution is -1.92. The first-order chi connectivity index (χ1) is 70.0. The minimum Gasteiger partial charge on any atom is -0.308 e. The molecule has 29 rings (SSSR count). The molecule has 0 N–H and O–H groups in total. The van der Waals surface area contributed by atoms with Gasteiger partial charge in [0.2, 0.25) is 0 Å². The van der Waals surface area contributed by atoms with Crippen LogP contribution in [0, 0.1) is 0 Å². The zero-order chi connectivity index (χ0) is 93.0. The van der Waals surface area contributed by atoms with E-state index in [0.29, 0.717) is 0 Å². The van der Waals surface area contributed by atoms with Crippen LogP contribution < -0.4 is 0 Å². The first-order valence-corrected chi connectivity index (χ1v) is 50.2. The van der Waals surface area contributed by atoms with Crippen molar-refractivity contribution in [1.29, 1.82) is 0 Å². The average Bonchev–Trinajstić information content (AvgIpc) is 1.54. The van der Waals surface area contributed by atoms with Crippen LogP contribution in [0.1, 0.15) is 0 Å². The summed E-state index contributed by atoms with van der Waals surface area (Å²) in [6.45, 7) is 0. The Morgan fingerprint density at radius 2 is 0.376 bits per heavy atom. The SMILES string of the molecule is c1ccc(-c2ccc(-c3cccc(-c4c5ccccc5c(-c5ccc(-c6ccc7ccccc7c6)c6ccccc56)c5ccccc45)c3)s2)cc1.c1ccc(-c2ccc(-c3cccc(-c4c5ccccc5c(-c5ccc(-c6ccccc6)c6ccccc56)c5ccccc45)c3)s2)cc1.c1ccc2cc(-c3c4ccccc4c(-c4ccc5c6cccc7c8ccccc8n(c5c4)c76)c4ccccc34)ccc2c1. The molecule has 0 spiro atoms. The molecule has 0 fully saturated rings. The Bertz CT molecular complexity index is 9840. The molecule has 0 aliphatic carbocycles. The van der Waals surface area contributed by atoms with Gasteiger partial charge in [-0.05, 0) is 280 Å². The van der Waals surface area contributed by atoms with Gasteiger partial charge >= 0.3 is 0 Å². The molecule has 0 aliphatic rings. The van der Waals surface area contributed by atoms with Crippen molar-refractivity contribution in [1.82, 2.24) is 4.40 Å². The van der Waals surface area contributed by atoms with E-state index < -0.39 is 0 Å². The Morgan fingerprint density at radius 3 is 0.787 bits per heavy atom. The molecule has 1 nitrogen and oxygen atoms in total. The lowest BCUT2D eigenvalue weighted by Gasteiger charge is -2.20.